The van der Waals surface area contributed by atoms with Crippen molar-refractivity contribution >= 4 is 11.8 Å². The molecule has 1 aliphatic rings. The Labute approximate surface area is 167 Å². The highest BCUT2D eigenvalue weighted by atomic mass is 16.5. The summed E-state index contributed by atoms with van der Waals surface area (Å²) in [7, 11) is 0. The third kappa shape index (κ3) is 3.23. The molecule has 0 saturated carbocycles. The second-order valence-electron chi connectivity index (χ2n) is 6.76. The fraction of sp³-hybridized carbons (Fsp3) is 0.0909. The lowest BCUT2D eigenvalue weighted by Crippen LogP contribution is -2.18. The monoisotopic (exact) mass is 383 g/mol. The number of aromatic nitrogens is 4. The van der Waals surface area contributed by atoms with Gasteiger partial charge in [-0.25, -0.2) is 9.48 Å². The van der Waals surface area contributed by atoms with Crippen LogP contribution in [0.1, 0.15) is 17.0 Å². The van der Waals surface area contributed by atoms with E-state index >= 15 is 0 Å². The summed E-state index contributed by atoms with van der Waals surface area (Å²) >= 11 is 0. The number of fused-ring (bicyclic) bond motifs is 3. The summed E-state index contributed by atoms with van der Waals surface area (Å²) in [4.78, 5) is 12.4. The fourth-order valence-electron chi connectivity index (χ4n) is 3.76. The van der Waals surface area contributed by atoms with Gasteiger partial charge in [0.15, 0.2) is 0 Å². The zero-order valence-corrected chi connectivity index (χ0v) is 15.4. The number of tetrazole rings is 1. The molecular weight excluding hydrogens is 366 g/mol. The van der Waals surface area contributed by atoms with E-state index in [4.69, 9.17) is 4.74 Å². The van der Waals surface area contributed by atoms with Gasteiger partial charge in [0.2, 0.25) is 0 Å². The van der Waals surface area contributed by atoms with E-state index < -0.39 is 6.09 Å². The van der Waals surface area contributed by atoms with E-state index in [9.17, 15) is 4.79 Å². The summed E-state index contributed by atoms with van der Waals surface area (Å²) in [5.74, 6) is 0.0284. The van der Waals surface area contributed by atoms with Crippen LogP contribution in [0, 0.1) is 0 Å². The Bertz CT molecular complexity index is 1130. The third-order valence-corrected chi connectivity index (χ3v) is 5.05. The third-order valence-electron chi connectivity index (χ3n) is 5.05. The lowest BCUT2D eigenvalue weighted by atomic mass is 9.98. The molecule has 0 radical (unpaired) electrons. The molecule has 1 aromatic heterocycles. The van der Waals surface area contributed by atoms with Crippen LogP contribution in [0.25, 0.3) is 16.8 Å². The van der Waals surface area contributed by atoms with Gasteiger partial charge >= 0.3 is 6.09 Å². The summed E-state index contributed by atoms with van der Waals surface area (Å²) in [6.45, 7) is 0.270. The van der Waals surface area contributed by atoms with Crippen molar-refractivity contribution in [2.24, 2.45) is 0 Å². The molecule has 0 atom stereocenters. The van der Waals surface area contributed by atoms with Crippen LogP contribution in [0.4, 0.5) is 10.5 Å². The molecule has 4 aromatic rings. The van der Waals surface area contributed by atoms with E-state index in [1.54, 1.807) is 12.1 Å². The molecule has 7 nitrogen and oxygen atoms in total. The summed E-state index contributed by atoms with van der Waals surface area (Å²) in [5.41, 5.74) is 6.11. The molecule has 1 heterocycles. The molecule has 7 heteroatoms. The predicted molar refractivity (Wildman–Crippen MR) is 108 cm³/mol. The van der Waals surface area contributed by atoms with Gasteiger partial charge in [0.25, 0.3) is 0 Å². The number of hydrogen-bond acceptors (Lipinski definition) is 5. The van der Waals surface area contributed by atoms with Crippen LogP contribution in [0.2, 0.25) is 0 Å². The molecule has 0 aliphatic heterocycles. The van der Waals surface area contributed by atoms with Crippen LogP contribution in [-0.4, -0.2) is 32.9 Å². The van der Waals surface area contributed by atoms with Crippen molar-refractivity contribution in [2.45, 2.75) is 5.92 Å². The number of nitrogens with one attached hydrogen (secondary N) is 1. The molecule has 0 spiro atoms. The summed E-state index contributed by atoms with van der Waals surface area (Å²) in [6, 6.07) is 23.7. The van der Waals surface area contributed by atoms with Gasteiger partial charge in [-0.05, 0) is 50.9 Å². The molecule has 0 saturated heterocycles. The zero-order chi connectivity index (χ0) is 19.6. The minimum Gasteiger partial charge on any atom is -0.448 e. The average Bonchev–Trinajstić information content (AvgIpc) is 3.40. The predicted octanol–water partition coefficient (Wildman–Crippen LogP) is 4.02. The van der Waals surface area contributed by atoms with Crippen LogP contribution in [0.3, 0.4) is 0 Å². The SMILES string of the molecule is O=C(Nc1cccc(-n2cnnn2)c1)OCC1c2ccccc2-c2ccccc21. The van der Waals surface area contributed by atoms with Crippen LogP contribution >= 0.6 is 0 Å². The standard InChI is InChI=1S/C22H17N5O2/c28-22(24-15-6-5-7-16(12-15)27-14-23-25-26-27)29-13-21-19-10-3-1-8-17(19)18-9-2-4-11-20(18)21/h1-12,14,21H,13H2,(H,24,28). The van der Waals surface area contributed by atoms with E-state index in [1.807, 2.05) is 36.4 Å². The number of hydrogen-bond donors (Lipinski definition) is 1. The molecule has 0 unspecified atom stereocenters. The molecule has 1 aliphatic carbocycles. The Morgan fingerprint density at radius 3 is 2.38 bits per heavy atom. The van der Waals surface area contributed by atoms with Crippen molar-refractivity contribution in [2.75, 3.05) is 11.9 Å². The lowest BCUT2D eigenvalue weighted by Gasteiger charge is -2.14. The van der Waals surface area contributed by atoms with Crippen LogP contribution in [0.15, 0.2) is 79.1 Å². The molecule has 0 bridgehead atoms. The maximum atomic E-state index is 12.4. The van der Waals surface area contributed by atoms with Gasteiger partial charge in [0, 0.05) is 11.6 Å². The molecular formula is C22H17N5O2. The highest BCUT2D eigenvalue weighted by Crippen LogP contribution is 2.44. The quantitative estimate of drug-likeness (QED) is 0.575. The summed E-state index contributed by atoms with van der Waals surface area (Å²) < 4.78 is 7.09. The number of carbonyl (C=O) groups is 1. The van der Waals surface area contributed by atoms with Crippen molar-refractivity contribution in [1.82, 2.24) is 20.2 Å². The number of nitrogens with zero attached hydrogens (tertiary/aromatic N) is 4. The van der Waals surface area contributed by atoms with Crippen molar-refractivity contribution in [3.05, 3.63) is 90.3 Å². The van der Waals surface area contributed by atoms with Gasteiger partial charge in [-0.1, -0.05) is 54.6 Å². The van der Waals surface area contributed by atoms with Gasteiger partial charge in [0.05, 0.1) is 5.69 Å². The van der Waals surface area contributed by atoms with E-state index in [-0.39, 0.29) is 12.5 Å². The molecule has 3 aromatic carbocycles. The Morgan fingerprint density at radius 1 is 0.966 bits per heavy atom. The first kappa shape index (κ1) is 17.1. The summed E-state index contributed by atoms with van der Waals surface area (Å²) in [6.07, 6.45) is 0.993. The highest BCUT2D eigenvalue weighted by molar-refractivity contribution is 5.85. The summed E-state index contributed by atoms with van der Waals surface area (Å²) in [5, 5.41) is 13.9. The maximum Gasteiger partial charge on any atom is 0.411 e. The minimum absolute atomic E-state index is 0.0284. The zero-order valence-electron chi connectivity index (χ0n) is 15.4. The molecule has 0 fully saturated rings. The van der Waals surface area contributed by atoms with E-state index in [0.717, 1.165) is 5.69 Å². The second-order valence-corrected chi connectivity index (χ2v) is 6.76. The van der Waals surface area contributed by atoms with Crippen molar-refractivity contribution in [3.8, 4) is 16.8 Å². The molecule has 1 amide bonds. The highest BCUT2D eigenvalue weighted by Gasteiger charge is 2.28. The number of rotatable bonds is 4. The largest absolute Gasteiger partial charge is 0.448 e. The topological polar surface area (TPSA) is 81.9 Å². The maximum absolute atomic E-state index is 12.4. The Morgan fingerprint density at radius 2 is 1.69 bits per heavy atom. The van der Waals surface area contributed by atoms with Crippen molar-refractivity contribution < 1.29 is 9.53 Å². The van der Waals surface area contributed by atoms with Crippen molar-refractivity contribution in [1.29, 1.82) is 0 Å². The second kappa shape index (κ2) is 7.20. The van der Waals surface area contributed by atoms with Crippen LogP contribution in [-0.2, 0) is 4.74 Å². The first-order chi connectivity index (χ1) is 14.3. The molecule has 29 heavy (non-hydrogen) atoms. The van der Waals surface area contributed by atoms with Crippen molar-refractivity contribution in [3.63, 3.8) is 0 Å². The van der Waals surface area contributed by atoms with Gasteiger partial charge in [-0.15, -0.1) is 5.10 Å². The Hall–Kier alpha value is -4.00. The number of benzene rings is 3. The number of ether oxygens (including phenoxy) is 1. The average molecular weight is 383 g/mol. The van der Waals surface area contributed by atoms with E-state index in [2.05, 4.69) is 45.1 Å². The van der Waals surface area contributed by atoms with E-state index in [0.29, 0.717) is 5.69 Å². The Kier molecular flexibility index (Phi) is 4.25. The normalized spacial score (nSPS) is 12.3. The molecule has 1 N–H and O–H groups in total. The fourth-order valence-corrected chi connectivity index (χ4v) is 3.76. The smallest absolute Gasteiger partial charge is 0.411 e. The van der Waals surface area contributed by atoms with E-state index in [1.165, 1.54) is 33.3 Å². The minimum atomic E-state index is -0.499. The van der Waals surface area contributed by atoms with Crippen LogP contribution in [0.5, 0.6) is 0 Å². The van der Waals surface area contributed by atoms with Gasteiger partial charge in [0.1, 0.15) is 12.9 Å². The van der Waals surface area contributed by atoms with Gasteiger partial charge in [-0.3, -0.25) is 5.32 Å². The molecule has 142 valence electrons. The first-order valence-corrected chi connectivity index (χ1v) is 9.25. The van der Waals surface area contributed by atoms with Gasteiger partial charge in [-0.2, -0.15) is 0 Å². The number of carbonyl (C=O) groups excluding carboxylic acids is 1. The lowest BCUT2D eigenvalue weighted by molar-refractivity contribution is 0.158. The molecule has 5 rings (SSSR count). The van der Waals surface area contributed by atoms with Crippen LogP contribution < -0.4 is 5.32 Å². The first-order valence-electron chi connectivity index (χ1n) is 9.25. The Balaban J connectivity index is 1.30. The number of anilines is 1. The number of amides is 1. The van der Waals surface area contributed by atoms with Gasteiger partial charge < -0.3 is 4.74 Å².